The topological polar surface area (TPSA) is 133 Å². The average molecular weight is 355 g/mol. The second-order valence-electron chi connectivity index (χ2n) is 5.25. The van der Waals surface area contributed by atoms with Gasteiger partial charge in [-0.25, -0.2) is 8.42 Å². The van der Waals surface area contributed by atoms with Gasteiger partial charge < -0.3 is 15.7 Å². The Bertz CT molecular complexity index is 759. The summed E-state index contributed by atoms with van der Waals surface area (Å²) < 4.78 is 26.0. The summed E-state index contributed by atoms with van der Waals surface area (Å²) >= 11 is 0. The van der Waals surface area contributed by atoms with Gasteiger partial charge in [0.2, 0.25) is 15.9 Å². The van der Waals surface area contributed by atoms with Gasteiger partial charge in [-0.1, -0.05) is 0 Å². The molecule has 0 spiro atoms. The minimum atomic E-state index is -3.83. The SMILES string of the molecule is C[C@H](NC(=O)c1ccc(S(=O)(=O)N2CCNC(=O)C2)cc1)C(=O)O. The minimum Gasteiger partial charge on any atom is -0.480 e. The molecule has 1 heterocycles. The summed E-state index contributed by atoms with van der Waals surface area (Å²) in [4.78, 5) is 33.9. The number of hydrogen-bond donors (Lipinski definition) is 3. The fourth-order valence-corrected chi connectivity index (χ4v) is 3.49. The zero-order chi connectivity index (χ0) is 17.9. The number of carboxylic acids is 1. The second-order valence-corrected chi connectivity index (χ2v) is 7.18. The first-order valence-corrected chi connectivity index (χ1v) is 8.56. The molecule has 2 rings (SSSR count). The predicted molar refractivity (Wildman–Crippen MR) is 82.8 cm³/mol. The summed E-state index contributed by atoms with van der Waals surface area (Å²) in [5, 5.41) is 13.6. The molecule has 0 aliphatic carbocycles. The summed E-state index contributed by atoms with van der Waals surface area (Å²) in [5.74, 6) is -2.17. The highest BCUT2D eigenvalue weighted by molar-refractivity contribution is 7.89. The monoisotopic (exact) mass is 355 g/mol. The molecule has 3 N–H and O–H groups in total. The lowest BCUT2D eigenvalue weighted by atomic mass is 10.2. The smallest absolute Gasteiger partial charge is 0.325 e. The first kappa shape index (κ1) is 17.9. The minimum absolute atomic E-state index is 0.0416. The lowest BCUT2D eigenvalue weighted by Gasteiger charge is -2.25. The molecule has 1 aliphatic rings. The Kier molecular flexibility index (Phi) is 5.20. The molecule has 130 valence electrons. The van der Waals surface area contributed by atoms with E-state index in [4.69, 9.17) is 5.11 Å². The van der Waals surface area contributed by atoms with Gasteiger partial charge in [-0.3, -0.25) is 14.4 Å². The number of nitrogens with zero attached hydrogens (tertiary/aromatic N) is 1. The number of carbonyl (C=O) groups is 3. The molecule has 1 aromatic carbocycles. The Hall–Kier alpha value is -2.46. The fourth-order valence-electron chi connectivity index (χ4n) is 2.09. The highest BCUT2D eigenvalue weighted by Gasteiger charge is 2.29. The van der Waals surface area contributed by atoms with E-state index in [1.54, 1.807) is 0 Å². The van der Waals surface area contributed by atoms with E-state index < -0.39 is 27.9 Å². The van der Waals surface area contributed by atoms with Crippen molar-refractivity contribution >= 4 is 27.8 Å². The largest absolute Gasteiger partial charge is 0.480 e. The summed E-state index contributed by atoms with van der Waals surface area (Å²) in [6.45, 7) is 1.49. The number of piperazine rings is 1. The molecule has 24 heavy (non-hydrogen) atoms. The van der Waals surface area contributed by atoms with Gasteiger partial charge in [0.15, 0.2) is 0 Å². The van der Waals surface area contributed by atoms with Crippen molar-refractivity contribution in [1.29, 1.82) is 0 Å². The van der Waals surface area contributed by atoms with Gasteiger partial charge in [-0.15, -0.1) is 0 Å². The number of benzene rings is 1. The van der Waals surface area contributed by atoms with Crippen LogP contribution in [0.4, 0.5) is 0 Å². The molecule has 0 unspecified atom stereocenters. The Morgan fingerprint density at radius 2 is 1.92 bits per heavy atom. The van der Waals surface area contributed by atoms with Gasteiger partial charge in [0.25, 0.3) is 5.91 Å². The summed E-state index contributed by atoms with van der Waals surface area (Å²) in [6.07, 6.45) is 0. The number of rotatable bonds is 5. The van der Waals surface area contributed by atoms with Crippen LogP contribution in [-0.4, -0.2) is 61.3 Å². The van der Waals surface area contributed by atoms with Crippen molar-refractivity contribution < 1.29 is 27.9 Å². The molecule has 1 fully saturated rings. The Labute approximate surface area is 138 Å². The number of carboxylic acid groups (broad SMARTS) is 1. The molecule has 1 aromatic rings. The Balaban J connectivity index is 2.15. The van der Waals surface area contributed by atoms with Gasteiger partial charge in [0.1, 0.15) is 6.04 Å². The summed E-state index contributed by atoms with van der Waals surface area (Å²) in [5.41, 5.74) is 0.137. The molecule has 0 saturated carbocycles. The quantitative estimate of drug-likeness (QED) is 0.621. The van der Waals surface area contributed by atoms with Crippen LogP contribution in [0.25, 0.3) is 0 Å². The number of aliphatic carboxylic acids is 1. The van der Waals surface area contributed by atoms with Crippen molar-refractivity contribution in [2.24, 2.45) is 0 Å². The van der Waals surface area contributed by atoms with Crippen LogP contribution in [-0.2, 0) is 19.6 Å². The van der Waals surface area contributed by atoms with Crippen molar-refractivity contribution in [1.82, 2.24) is 14.9 Å². The lowest BCUT2D eigenvalue weighted by molar-refractivity contribution is -0.138. The van der Waals surface area contributed by atoms with Crippen LogP contribution in [0.2, 0.25) is 0 Å². The van der Waals surface area contributed by atoms with E-state index in [1.165, 1.54) is 31.2 Å². The third-order valence-corrected chi connectivity index (χ3v) is 5.34. The molecule has 1 atom stereocenters. The van der Waals surface area contributed by atoms with E-state index in [2.05, 4.69) is 10.6 Å². The first-order valence-electron chi connectivity index (χ1n) is 7.12. The molecule has 2 amide bonds. The van der Waals surface area contributed by atoms with Gasteiger partial charge >= 0.3 is 5.97 Å². The standard InChI is InChI=1S/C14H17N3O6S/c1-9(14(20)21)16-13(19)10-2-4-11(5-3-10)24(22,23)17-7-6-15-12(18)8-17/h2-5,9H,6-8H2,1H3,(H,15,18)(H,16,19)(H,20,21)/t9-/m0/s1. The summed E-state index contributed by atoms with van der Waals surface area (Å²) in [6, 6.07) is 4.03. The zero-order valence-corrected chi connectivity index (χ0v) is 13.7. The molecule has 1 saturated heterocycles. The van der Waals surface area contributed by atoms with E-state index in [9.17, 15) is 22.8 Å². The molecule has 1 aliphatic heterocycles. The van der Waals surface area contributed by atoms with Crippen LogP contribution in [0.1, 0.15) is 17.3 Å². The van der Waals surface area contributed by atoms with Crippen molar-refractivity contribution in [2.75, 3.05) is 19.6 Å². The molecule has 9 nitrogen and oxygen atoms in total. The maximum absolute atomic E-state index is 12.4. The van der Waals surface area contributed by atoms with Crippen LogP contribution in [0, 0.1) is 0 Å². The third kappa shape index (κ3) is 3.89. The third-order valence-electron chi connectivity index (χ3n) is 3.48. The Morgan fingerprint density at radius 1 is 1.29 bits per heavy atom. The van der Waals surface area contributed by atoms with E-state index in [0.29, 0.717) is 0 Å². The summed E-state index contributed by atoms with van der Waals surface area (Å²) in [7, 11) is -3.83. The molecule has 0 aromatic heterocycles. The van der Waals surface area contributed by atoms with E-state index in [0.717, 1.165) is 4.31 Å². The maximum atomic E-state index is 12.4. The van der Waals surface area contributed by atoms with Crippen molar-refractivity contribution in [3.05, 3.63) is 29.8 Å². The second kappa shape index (κ2) is 6.97. The van der Waals surface area contributed by atoms with Crippen molar-refractivity contribution in [2.45, 2.75) is 17.9 Å². The number of amides is 2. The van der Waals surface area contributed by atoms with E-state index in [1.807, 2.05) is 0 Å². The van der Waals surface area contributed by atoms with Gasteiger partial charge in [-0.2, -0.15) is 4.31 Å². The molecule has 0 radical (unpaired) electrons. The van der Waals surface area contributed by atoms with Crippen LogP contribution in [0.15, 0.2) is 29.2 Å². The van der Waals surface area contributed by atoms with Gasteiger partial charge in [-0.05, 0) is 31.2 Å². The zero-order valence-electron chi connectivity index (χ0n) is 12.9. The van der Waals surface area contributed by atoms with Gasteiger partial charge in [0.05, 0.1) is 11.4 Å². The fraction of sp³-hybridized carbons (Fsp3) is 0.357. The Morgan fingerprint density at radius 3 is 2.46 bits per heavy atom. The van der Waals surface area contributed by atoms with Gasteiger partial charge in [0, 0.05) is 18.7 Å². The first-order chi connectivity index (χ1) is 11.2. The predicted octanol–water partition coefficient (Wildman–Crippen LogP) is -0.990. The maximum Gasteiger partial charge on any atom is 0.325 e. The molecular formula is C14H17N3O6S. The lowest BCUT2D eigenvalue weighted by Crippen LogP contribution is -2.49. The number of hydrogen-bond acceptors (Lipinski definition) is 5. The molecular weight excluding hydrogens is 338 g/mol. The highest BCUT2D eigenvalue weighted by atomic mass is 32.2. The van der Waals surface area contributed by atoms with E-state index in [-0.39, 0.29) is 36.0 Å². The number of nitrogens with one attached hydrogen (secondary N) is 2. The average Bonchev–Trinajstić information content (AvgIpc) is 2.54. The van der Waals surface area contributed by atoms with Crippen LogP contribution >= 0.6 is 0 Å². The normalized spacial score (nSPS) is 17.0. The highest BCUT2D eigenvalue weighted by Crippen LogP contribution is 2.17. The van der Waals surface area contributed by atoms with Crippen LogP contribution in [0.3, 0.4) is 0 Å². The molecule has 10 heteroatoms. The van der Waals surface area contributed by atoms with Crippen LogP contribution in [0.5, 0.6) is 0 Å². The van der Waals surface area contributed by atoms with Crippen molar-refractivity contribution in [3.63, 3.8) is 0 Å². The van der Waals surface area contributed by atoms with Crippen LogP contribution < -0.4 is 10.6 Å². The number of carbonyl (C=O) groups excluding carboxylic acids is 2. The van der Waals surface area contributed by atoms with E-state index >= 15 is 0 Å². The number of sulfonamides is 1. The molecule has 0 bridgehead atoms. The van der Waals surface area contributed by atoms with Crippen molar-refractivity contribution in [3.8, 4) is 0 Å².